The van der Waals surface area contributed by atoms with E-state index in [9.17, 15) is 0 Å². The lowest BCUT2D eigenvalue weighted by molar-refractivity contribution is 0.414. The second kappa shape index (κ2) is 6.11. The summed E-state index contributed by atoms with van der Waals surface area (Å²) in [6, 6.07) is 15.5. The van der Waals surface area contributed by atoms with Gasteiger partial charge in [-0.2, -0.15) is 0 Å². The molecule has 0 aliphatic carbocycles. The molecule has 2 aromatic carbocycles. The number of nitrogens with zero attached hydrogens (tertiary/aromatic N) is 5. The number of aromatic nitrogens is 5. The molecule has 2 aromatic heterocycles. The zero-order valence-electron chi connectivity index (χ0n) is 13.1. The quantitative estimate of drug-likeness (QED) is 0.562. The fourth-order valence-electron chi connectivity index (χ4n) is 2.50. The summed E-state index contributed by atoms with van der Waals surface area (Å²) in [5.74, 6) is 1.90. The van der Waals surface area contributed by atoms with Crippen LogP contribution in [-0.4, -0.2) is 32.3 Å². The lowest BCUT2D eigenvalue weighted by atomic mass is 10.1. The second-order valence-electron chi connectivity index (χ2n) is 5.35. The van der Waals surface area contributed by atoms with Crippen molar-refractivity contribution < 1.29 is 9.15 Å². The van der Waals surface area contributed by atoms with Crippen molar-refractivity contribution in [3.8, 4) is 5.75 Å². The minimum absolute atomic E-state index is 0.399. The number of hydrogen-bond acceptors (Lipinski definition) is 6. The Kier molecular flexibility index (Phi) is 3.66. The Morgan fingerprint density at radius 1 is 0.958 bits per heavy atom. The first-order valence-electron chi connectivity index (χ1n) is 7.54. The molecule has 0 unspecified atom stereocenters. The molecule has 0 amide bonds. The van der Waals surface area contributed by atoms with Gasteiger partial charge in [0.25, 0.3) is 0 Å². The monoisotopic (exact) mass is 321 g/mol. The van der Waals surface area contributed by atoms with Gasteiger partial charge in [0.2, 0.25) is 11.8 Å². The molecule has 0 radical (unpaired) electrons. The summed E-state index contributed by atoms with van der Waals surface area (Å²) in [4.78, 5) is 0. The lowest BCUT2D eigenvalue weighted by Gasteiger charge is -2.00. The van der Waals surface area contributed by atoms with E-state index in [2.05, 4.69) is 20.5 Å². The summed E-state index contributed by atoms with van der Waals surface area (Å²) in [5, 5.41) is 16.4. The molecule has 120 valence electrons. The van der Waals surface area contributed by atoms with E-state index in [0.29, 0.717) is 24.7 Å². The van der Waals surface area contributed by atoms with Crippen molar-refractivity contribution in [2.24, 2.45) is 0 Å². The molecule has 0 N–H and O–H groups in total. The van der Waals surface area contributed by atoms with Gasteiger partial charge in [0.15, 0.2) is 0 Å². The van der Waals surface area contributed by atoms with Gasteiger partial charge in [-0.3, -0.25) is 0 Å². The van der Waals surface area contributed by atoms with Crippen molar-refractivity contribution in [2.75, 3.05) is 7.11 Å². The Morgan fingerprint density at radius 2 is 1.75 bits per heavy atom. The van der Waals surface area contributed by atoms with Gasteiger partial charge < -0.3 is 9.15 Å². The predicted molar refractivity (Wildman–Crippen MR) is 86.7 cm³/mol. The SMILES string of the molecule is COc1ccc(Cc2nnc(Cn3nnc4ccccc43)o2)cc1. The van der Waals surface area contributed by atoms with Gasteiger partial charge in [0, 0.05) is 0 Å². The number of rotatable bonds is 5. The molecule has 4 aromatic rings. The molecule has 0 fully saturated rings. The first kappa shape index (κ1) is 14.4. The van der Waals surface area contributed by atoms with Crippen molar-refractivity contribution in [2.45, 2.75) is 13.0 Å². The minimum atomic E-state index is 0.399. The first-order valence-corrected chi connectivity index (χ1v) is 7.54. The van der Waals surface area contributed by atoms with Gasteiger partial charge in [-0.15, -0.1) is 15.3 Å². The maximum atomic E-state index is 5.72. The van der Waals surface area contributed by atoms with Crippen LogP contribution in [0.5, 0.6) is 5.75 Å². The van der Waals surface area contributed by atoms with Gasteiger partial charge in [-0.25, -0.2) is 4.68 Å². The molecule has 0 spiro atoms. The number of methoxy groups -OCH3 is 1. The highest BCUT2D eigenvalue weighted by molar-refractivity contribution is 5.73. The Labute approximate surface area is 137 Å². The Bertz CT molecular complexity index is 958. The van der Waals surface area contributed by atoms with Crippen molar-refractivity contribution >= 4 is 11.0 Å². The zero-order valence-corrected chi connectivity index (χ0v) is 13.1. The van der Waals surface area contributed by atoms with Gasteiger partial charge in [-0.05, 0) is 29.8 Å². The van der Waals surface area contributed by atoms with E-state index in [1.165, 1.54) is 0 Å². The van der Waals surface area contributed by atoms with Crippen LogP contribution in [0.2, 0.25) is 0 Å². The summed E-state index contributed by atoms with van der Waals surface area (Å²) in [5.41, 5.74) is 2.86. The van der Waals surface area contributed by atoms with Gasteiger partial charge in [-0.1, -0.05) is 29.5 Å². The number of ether oxygens (including phenoxy) is 1. The molecule has 0 aliphatic heterocycles. The summed E-state index contributed by atoms with van der Waals surface area (Å²) in [6.45, 7) is 0.399. The summed E-state index contributed by atoms with van der Waals surface area (Å²) in [7, 11) is 1.65. The minimum Gasteiger partial charge on any atom is -0.497 e. The predicted octanol–water partition coefficient (Wildman–Crippen LogP) is 2.46. The molecule has 0 bridgehead atoms. The Balaban J connectivity index is 1.50. The topological polar surface area (TPSA) is 78.9 Å². The van der Waals surface area contributed by atoms with E-state index in [1.54, 1.807) is 11.8 Å². The molecule has 0 atom stereocenters. The van der Waals surface area contributed by atoms with E-state index >= 15 is 0 Å². The van der Waals surface area contributed by atoms with Crippen LogP contribution in [0.3, 0.4) is 0 Å². The summed E-state index contributed by atoms with van der Waals surface area (Å²) < 4.78 is 12.6. The average Bonchev–Trinajstić information content (AvgIpc) is 3.23. The third-order valence-corrected chi connectivity index (χ3v) is 3.73. The molecule has 0 saturated carbocycles. The molecule has 7 heteroatoms. The number of benzene rings is 2. The van der Waals surface area contributed by atoms with Gasteiger partial charge in [0.05, 0.1) is 19.0 Å². The molecule has 24 heavy (non-hydrogen) atoms. The second-order valence-corrected chi connectivity index (χ2v) is 5.35. The van der Waals surface area contributed by atoms with Crippen LogP contribution in [0, 0.1) is 0 Å². The van der Waals surface area contributed by atoms with Crippen LogP contribution in [-0.2, 0) is 13.0 Å². The Morgan fingerprint density at radius 3 is 2.58 bits per heavy atom. The third-order valence-electron chi connectivity index (χ3n) is 3.73. The fraction of sp³-hybridized carbons (Fsp3) is 0.176. The van der Waals surface area contributed by atoms with Gasteiger partial charge in [0.1, 0.15) is 17.8 Å². The molecule has 0 aliphatic rings. The number of hydrogen-bond donors (Lipinski definition) is 0. The van der Waals surface area contributed by atoms with E-state index in [-0.39, 0.29) is 0 Å². The summed E-state index contributed by atoms with van der Waals surface area (Å²) >= 11 is 0. The van der Waals surface area contributed by atoms with Crippen molar-refractivity contribution in [1.29, 1.82) is 0 Å². The molecular weight excluding hydrogens is 306 g/mol. The van der Waals surface area contributed by atoms with Crippen LogP contribution in [0.1, 0.15) is 17.3 Å². The number of fused-ring (bicyclic) bond motifs is 1. The Hall–Kier alpha value is -3.22. The summed E-state index contributed by atoms with van der Waals surface area (Å²) in [6.07, 6.45) is 0.578. The largest absolute Gasteiger partial charge is 0.497 e. The van der Waals surface area contributed by atoms with E-state index < -0.39 is 0 Å². The average molecular weight is 321 g/mol. The van der Waals surface area contributed by atoms with Crippen LogP contribution >= 0.6 is 0 Å². The maximum Gasteiger partial charge on any atom is 0.238 e. The smallest absolute Gasteiger partial charge is 0.238 e. The van der Waals surface area contributed by atoms with Gasteiger partial charge >= 0.3 is 0 Å². The lowest BCUT2D eigenvalue weighted by Crippen LogP contribution is -2.02. The third kappa shape index (κ3) is 2.83. The number of para-hydroxylation sites is 1. The highest BCUT2D eigenvalue weighted by Crippen LogP contribution is 2.15. The highest BCUT2D eigenvalue weighted by atomic mass is 16.5. The standard InChI is InChI=1S/C17H15N5O2/c1-23-13-8-6-12(7-9-13)10-16-19-20-17(24-16)11-22-15-5-3-2-4-14(15)18-21-22/h2-9H,10-11H2,1H3. The van der Waals surface area contributed by atoms with Crippen LogP contribution < -0.4 is 4.74 Å². The van der Waals surface area contributed by atoms with E-state index in [4.69, 9.17) is 9.15 Å². The maximum absolute atomic E-state index is 5.72. The molecular formula is C17H15N5O2. The van der Waals surface area contributed by atoms with Crippen LogP contribution in [0.25, 0.3) is 11.0 Å². The fourth-order valence-corrected chi connectivity index (χ4v) is 2.50. The highest BCUT2D eigenvalue weighted by Gasteiger charge is 2.10. The molecule has 2 heterocycles. The molecule has 4 rings (SSSR count). The van der Waals surface area contributed by atoms with Crippen LogP contribution in [0.15, 0.2) is 52.9 Å². The first-order chi connectivity index (χ1) is 11.8. The van der Waals surface area contributed by atoms with Crippen LogP contribution in [0.4, 0.5) is 0 Å². The van der Waals surface area contributed by atoms with Crippen molar-refractivity contribution in [1.82, 2.24) is 25.2 Å². The molecule has 0 saturated heterocycles. The zero-order chi connectivity index (χ0) is 16.4. The van der Waals surface area contributed by atoms with Crippen molar-refractivity contribution in [3.63, 3.8) is 0 Å². The normalized spacial score (nSPS) is 11.0. The molecule has 7 nitrogen and oxygen atoms in total. The van der Waals surface area contributed by atoms with E-state index in [1.807, 2.05) is 48.5 Å². The van der Waals surface area contributed by atoms with Crippen molar-refractivity contribution in [3.05, 3.63) is 65.9 Å². The van der Waals surface area contributed by atoms with E-state index in [0.717, 1.165) is 22.3 Å².